The molecule has 0 amide bonds. The molecule has 2 N–H and O–H groups in total. The largest absolute Gasteiger partial charge is 0.506 e. The average molecular weight is 231 g/mol. The fourth-order valence-electron chi connectivity index (χ4n) is 0.860. The zero-order valence-corrected chi connectivity index (χ0v) is 7.71. The van der Waals surface area contributed by atoms with Crippen LogP contribution in [0.2, 0.25) is 0 Å². The maximum atomic E-state index is 10.4. The van der Waals surface area contributed by atoms with E-state index in [1.807, 2.05) is 0 Å². The van der Waals surface area contributed by atoms with Gasteiger partial charge in [-0.3, -0.25) is 4.79 Å². The van der Waals surface area contributed by atoms with Crippen molar-refractivity contribution in [2.45, 2.75) is 6.61 Å². The van der Waals surface area contributed by atoms with Gasteiger partial charge in [-0.2, -0.15) is 0 Å². The van der Waals surface area contributed by atoms with Crippen LogP contribution in [-0.2, 0) is 6.61 Å². The first-order chi connectivity index (χ1) is 5.69. The standard InChI is InChI=1S/C8H7BrO3/c9-7-2-5(3-10)1-6(4-11)8(7)12/h1-2,4,10,12H,3H2. The molecule has 12 heavy (non-hydrogen) atoms. The van der Waals surface area contributed by atoms with Crippen molar-refractivity contribution in [3.05, 3.63) is 27.7 Å². The fourth-order valence-corrected chi connectivity index (χ4v) is 1.38. The molecule has 4 heteroatoms. The number of phenolic OH excluding ortho intramolecular Hbond substituents is 1. The molecule has 0 aromatic heterocycles. The second-order valence-corrected chi connectivity index (χ2v) is 3.15. The molecule has 0 bridgehead atoms. The van der Waals surface area contributed by atoms with Gasteiger partial charge in [-0.15, -0.1) is 0 Å². The van der Waals surface area contributed by atoms with Gasteiger partial charge in [0.25, 0.3) is 0 Å². The zero-order valence-electron chi connectivity index (χ0n) is 6.12. The van der Waals surface area contributed by atoms with E-state index in [2.05, 4.69) is 15.9 Å². The lowest BCUT2D eigenvalue weighted by atomic mass is 10.1. The van der Waals surface area contributed by atoms with Gasteiger partial charge in [-0.05, 0) is 33.6 Å². The van der Waals surface area contributed by atoms with Crippen molar-refractivity contribution < 1.29 is 15.0 Å². The van der Waals surface area contributed by atoms with E-state index in [4.69, 9.17) is 5.11 Å². The van der Waals surface area contributed by atoms with Crippen molar-refractivity contribution in [3.63, 3.8) is 0 Å². The van der Waals surface area contributed by atoms with Crippen LogP contribution in [0.15, 0.2) is 16.6 Å². The summed E-state index contributed by atoms with van der Waals surface area (Å²) in [7, 11) is 0. The summed E-state index contributed by atoms with van der Waals surface area (Å²) < 4.78 is 0.413. The fraction of sp³-hybridized carbons (Fsp3) is 0.125. The van der Waals surface area contributed by atoms with E-state index in [1.54, 1.807) is 6.07 Å². The Kier molecular flexibility index (Phi) is 2.83. The third kappa shape index (κ3) is 1.65. The average Bonchev–Trinajstić information content (AvgIpc) is 2.09. The number of hydrogen-bond donors (Lipinski definition) is 2. The summed E-state index contributed by atoms with van der Waals surface area (Å²) in [6.07, 6.45) is 0.541. The van der Waals surface area contributed by atoms with Gasteiger partial charge in [0, 0.05) is 0 Å². The highest BCUT2D eigenvalue weighted by atomic mass is 79.9. The molecule has 0 saturated carbocycles. The van der Waals surface area contributed by atoms with Crippen molar-refractivity contribution in [2.75, 3.05) is 0 Å². The predicted octanol–water partition coefficient (Wildman–Crippen LogP) is 1.46. The molecular weight excluding hydrogens is 224 g/mol. The Morgan fingerprint density at radius 1 is 1.50 bits per heavy atom. The Bertz CT molecular complexity index is 309. The number of rotatable bonds is 2. The number of halogens is 1. The normalized spacial score (nSPS) is 9.83. The van der Waals surface area contributed by atoms with E-state index in [1.165, 1.54) is 6.07 Å². The lowest BCUT2D eigenvalue weighted by Crippen LogP contribution is -1.88. The molecule has 0 aliphatic carbocycles. The molecule has 0 aliphatic rings. The highest BCUT2D eigenvalue weighted by Crippen LogP contribution is 2.28. The monoisotopic (exact) mass is 230 g/mol. The second-order valence-electron chi connectivity index (χ2n) is 2.29. The van der Waals surface area contributed by atoms with E-state index < -0.39 is 0 Å². The number of carbonyl (C=O) groups excluding carboxylic acids is 1. The number of aliphatic hydroxyl groups is 1. The molecule has 0 aliphatic heterocycles. The molecular formula is C8H7BrO3. The van der Waals surface area contributed by atoms with Crippen molar-refractivity contribution >= 4 is 22.2 Å². The number of aldehydes is 1. The first kappa shape index (κ1) is 9.22. The first-order valence-corrected chi connectivity index (χ1v) is 4.05. The van der Waals surface area contributed by atoms with Gasteiger partial charge in [0.1, 0.15) is 5.75 Å². The van der Waals surface area contributed by atoms with Gasteiger partial charge in [0.05, 0.1) is 16.6 Å². The van der Waals surface area contributed by atoms with E-state index in [-0.39, 0.29) is 17.9 Å². The summed E-state index contributed by atoms with van der Waals surface area (Å²) in [5.74, 6) is -0.0952. The SMILES string of the molecule is O=Cc1cc(CO)cc(Br)c1O. The van der Waals surface area contributed by atoms with Gasteiger partial charge in [-0.1, -0.05) is 0 Å². The lowest BCUT2D eigenvalue weighted by Gasteiger charge is -2.02. The number of hydrogen-bond acceptors (Lipinski definition) is 3. The summed E-state index contributed by atoms with van der Waals surface area (Å²) in [6.45, 7) is -0.153. The molecule has 0 atom stereocenters. The summed E-state index contributed by atoms with van der Waals surface area (Å²) >= 11 is 3.06. The minimum atomic E-state index is -0.153. The third-order valence-corrected chi connectivity index (χ3v) is 2.07. The van der Waals surface area contributed by atoms with Gasteiger partial charge in [0.2, 0.25) is 0 Å². The lowest BCUT2D eigenvalue weighted by molar-refractivity contribution is 0.112. The van der Waals surface area contributed by atoms with Crippen molar-refractivity contribution in [2.24, 2.45) is 0 Å². The van der Waals surface area contributed by atoms with Crippen LogP contribution >= 0.6 is 15.9 Å². The van der Waals surface area contributed by atoms with Crippen LogP contribution in [0.5, 0.6) is 5.75 Å². The van der Waals surface area contributed by atoms with Crippen LogP contribution < -0.4 is 0 Å². The molecule has 64 valence electrons. The number of aromatic hydroxyl groups is 1. The maximum Gasteiger partial charge on any atom is 0.153 e. The topological polar surface area (TPSA) is 57.5 Å². The van der Waals surface area contributed by atoms with Crippen LogP contribution in [0.3, 0.4) is 0 Å². The minimum Gasteiger partial charge on any atom is -0.506 e. The van der Waals surface area contributed by atoms with Crippen LogP contribution in [0, 0.1) is 0 Å². The molecule has 0 saturated heterocycles. The highest BCUT2D eigenvalue weighted by Gasteiger charge is 2.06. The smallest absolute Gasteiger partial charge is 0.153 e. The van der Waals surface area contributed by atoms with Gasteiger partial charge in [0.15, 0.2) is 6.29 Å². The van der Waals surface area contributed by atoms with Crippen LogP contribution in [0.1, 0.15) is 15.9 Å². The van der Waals surface area contributed by atoms with Crippen molar-refractivity contribution in [3.8, 4) is 5.75 Å². The molecule has 0 fully saturated rings. The first-order valence-electron chi connectivity index (χ1n) is 3.26. The van der Waals surface area contributed by atoms with Gasteiger partial charge >= 0.3 is 0 Å². The van der Waals surface area contributed by atoms with E-state index in [0.29, 0.717) is 16.3 Å². The molecule has 0 radical (unpaired) electrons. The summed E-state index contributed by atoms with van der Waals surface area (Å²) in [5, 5.41) is 18.0. The van der Waals surface area contributed by atoms with Crippen LogP contribution in [0.4, 0.5) is 0 Å². The second kappa shape index (κ2) is 3.69. The zero-order chi connectivity index (χ0) is 9.14. The Hall–Kier alpha value is -0.870. The quantitative estimate of drug-likeness (QED) is 0.757. The van der Waals surface area contributed by atoms with Gasteiger partial charge < -0.3 is 10.2 Å². The van der Waals surface area contributed by atoms with E-state index in [0.717, 1.165) is 0 Å². The number of carbonyl (C=O) groups is 1. The molecule has 0 heterocycles. The summed E-state index contributed by atoms with van der Waals surface area (Å²) in [4.78, 5) is 10.4. The van der Waals surface area contributed by atoms with Crippen molar-refractivity contribution in [1.29, 1.82) is 0 Å². The molecule has 1 aromatic carbocycles. The highest BCUT2D eigenvalue weighted by molar-refractivity contribution is 9.10. The number of aliphatic hydroxyl groups excluding tert-OH is 1. The van der Waals surface area contributed by atoms with Crippen LogP contribution in [0.25, 0.3) is 0 Å². The Morgan fingerprint density at radius 2 is 2.17 bits per heavy atom. The molecule has 1 rings (SSSR count). The van der Waals surface area contributed by atoms with Crippen LogP contribution in [-0.4, -0.2) is 16.5 Å². The Labute approximate surface area is 77.8 Å². The van der Waals surface area contributed by atoms with Crippen molar-refractivity contribution in [1.82, 2.24) is 0 Å². The minimum absolute atomic E-state index is 0.0952. The molecule has 0 unspecified atom stereocenters. The Balaban J connectivity index is 3.28. The van der Waals surface area contributed by atoms with E-state index in [9.17, 15) is 9.90 Å². The summed E-state index contributed by atoms with van der Waals surface area (Å²) in [6, 6.07) is 3.00. The third-order valence-electron chi connectivity index (χ3n) is 1.46. The number of benzene rings is 1. The molecule has 1 aromatic rings. The molecule has 0 spiro atoms. The predicted molar refractivity (Wildman–Crippen MR) is 47.1 cm³/mol. The number of phenols is 1. The molecule has 3 nitrogen and oxygen atoms in total. The maximum absolute atomic E-state index is 10.4. The van der Waals surface area contributed by atoms with E-state index >= 15 is 0 Å². The Morgan fingerprint density at radius 3 is 2.67 bits per heavy atom. The van der Waals surface area contributed by atoms with Gasteiger partial charge in [-0.25, -0.2) is 0 Å². The summed E-state index contributed by atoms with van der Waals surface area (Å²) in [5.41, 5.74) is 0.759.